The molecule has 3 atom stereocenters. The van der Waals surface area contributed by atoms with Crippen molar-refractivity contribution in [3.05, 3.63) is 0 Å². The first-order valence-corrected chi connectivity index (χ1v) is 6.41. The Hall–Kier alpha value is -1.26. The fourth-order valence-corrected chi connectivity index (χ4v) is 2.27. The second kappa shape index (κ2) is 5.59. The van der Waals surface area contributed by atoms with Gasteiger partial charge < -0.3 is 15.2 Å². The van der Waals surface area contributed by atoms with Crippen LogP contribution in [0.2, 0.25) is 0 Å². The molecule has 0 saturated heterocycles. The lowest BCUT2D eigenvalue weighted by Crippen LogP contribution is -2.44. The normalized spacial score (nSPS) is 28.6. The van der Waals surface area contributed by atoms with E-state index in [0.717, 1.165) is 12.8 Å². The second-order valence-corrected chi connectivity index (χ2v) is 6.08. The van der Waals surface area contributed by atoms with Gasteiger partial charge in [-0.25, -0.2) is 4.79 Å². The van der Waals surface area contributed by atoms with Crippen molar-refractivity contribution >= 4 is 12.1 Å². The molecule has 0 aromatic rings. The van der Waals surface area contributed by atoms with Crippen LogP contribution in [0.15, 0.2) is 0 Å². The monoisotopic (exact) mass is 257 g/mol. The summed E-state index contributed by atoms with van der Waals surface area (Å²) in [4.78, 5) is 22.7. The first-order valence-electron chi connectivity index (χ1n) is 6.41. The summed E-state index contributed by atoms with van der Waals surface area (Å²) >= 11 is 0. The number of aliphatic carboxylic acids is 1. The number of amides is 1. The summed E-state index contributed by atoms with van der Waals surface area (Å²) in [6.45, 7) is 7.35. The van der Waals surface area contributed by atoms with E-state index in [1.807, 2.05) is 6.92 Å². The number of alkyl carbamates (subject to hydrolysis) is 1. The number of ether oxygens (including phenoxy) is 1. The van der Waals surface area contributed by atoms with Crippen LogP contribution < -0.4 is 5.32 Å². The number of carboxylic acids is 1. The van der Waals surface area contributed by atoms with E-state index in [1.165, 1.54) is 0 Å². The molecule has 5 nitrogen and oxygen atoms in total. The van der Waals surface area contributed by atoms with Crippen LogP contribution in [0, 0.1) is 11.8 Å². The summed E-state index contributed by atoms with van der Waals surface area (Å²) in [5, 5.41) is 11.9. The van der Waals surface area contributed by atoms with Crippen LogP contribution in [0.4, 0.5) is 4.79 Å². The number of rotatable bonds is 2. The van der Waals surface area contributed by atoms with E-state index in [9.17, 15) is 9.59 Å². The molecule has 1 saturated carbocycles. The van der Waals surface area contributed by atoms with Crippen molar-refractivity contribution in [3.8, 4) is 0 Å². The van der Waals surface area contributed by atoms with Crippen molar-refractivity contribution in [3.63, 3.8) is 0 Å². The van der Waals surface area contributed by atoms with Crippen molar-refractivity contribution in [1.82, 2.24) is 5.32 Å². The van der Waals surface area contributed by atoms with Gasteiger partial charge in [0.1, 0.15) is 5.60 Å². The molecule has 1 aliphatic carbocycles. The van der Waals surface area contributed by atoms with Crippen molar-refractivity contribution in [2.45, 2.75) is 58.6 Å². The van der Waals surface area contributed by atoms with E-state index in [2.05, 4.69) is 5.32 Å². The molecule has 1 aliphatic rings. The molecule has 0 aromatic carbocycles. The van der Waals surface area contributed by atoms with Gasteiger partial charge in [0, 0.05) is 6.04 Å². The summed E-state index contributed by atoms with van der Waals surface area (Å²) in [7, 11) is 0. The van der Waals surface area contributed by atoms with Gasteiger partial charge in [0.25, 0.3) is 0 Å². The molecule has 0 radical (unpaired) electrons. The van der Waals surface area contributed by atoms with Crippen molar-refractivity contribution in [2.75, 3.05) is 0 Å². The molecule has 0 aliphatic heterocycles. The number of hydrogen-bond acceptors (Lipinski definition) is 3. The fraction of sp³-hybridized carbons (Fsp3) is 0.846. The zero-order valence-electron chi connectivity index (χ0n) is 11.5. The van der Waals surface area contributed by atoms with Gasteiger partial charge in [0.05, 0.1) is 5.92 Å². The molecular weight excluding hydrogens is 234 g/mol. The van der Waals surface area contributed by atoms with Gasteiger partial charge in [0.15, 0.2) is 0 Å². The molecule has 0 spiro atoms. The predicted molar refractivity (Wildman–Crippen MR) is 67.3 cm³/mol. The molecule has 2 N–H and O–H groups in total. The first-order chi connectivity index (χ1) is 8.19. The highest BCUT2D eigenvalue weighted by atomic mass is 16.6. The van der Waals surface area contributed by atoms with Crippen LogP contribution in [0.1, 0.15) is 47.0 Å². The van der Waals surface area contributed by atoms with E-state index >= 15 is 0 Å². The number of carbonyl (C=O) groups is 2. The maximum atomic E-state index is 11.6. The lowest BCUT2D eigenvalue weighted by Gasteiger charge is -2.32. The SMILES string of the molecule is C[C@@H]1CC[C@@H](NC(=O)OC(C)(C)C)C[C@H]1C(=O)O. The second-order valence-electron chi connectivity index (χ2n) is 6.08. The van der Waals surface area contributed by atoms with Crippen LogP contribution in [-0.4, -0.2) is 28.8 Å². The Bertz CT molecular complexity index is 321. The number of carboxylic acid groups (broad SMARTS) is 1. The minimum atomic E-state index is -0.779. The predicted octanol–water partition coefficient (Wildman–Crippen LogP) is 2.40. The lowest BCUT2D eigenvalue weighted by atomic mass is 9.78. The summed E-state index contributed by atoms with van der Waals surface area (Å²) in [5.41, 5.74) is -0.530. The van der Waals surface area contributed by atoms with E-state index in [4.69, 9.17) is 9.84 Å². The van der Waals surface area contributed by atoms with Crippen LogP contribution in [0.5, 0.6) is 0 Å². The first kappa shape index (κ1) is 14.8. The molecule has 0 aromatic heterocycles. The molecular formula is C13H23NO4. The third-order valence-electron chi connectivity index (χ3n) is 3.23. The smallest absolute Gasteiger partial charge is 0.407 e. The number of carbonyl (C=O) groups excluding carboxylic acids is 1. The van der Waals surface area contributed by atoms with Gasteiger partial charge in [-0.1, -0.05) is 6.92 Å². The average molecular weight is 257 g/mol. The van der Waals surface area contributed by atoms with Crippen LogP contribution in [0.25, 0.3) is 0 Å². The molecule has 1 fully saturated rings. The minimum absolute atomic E-state index is 0.0999. The van der Waals surface area contributed by atoms with Gasteiger partial charge in [0.2, 0.25) is 0 Å². The molecule has 1 amide bonds. The third-order valence-corrected chi connectivity index (χ3v) is 3.23. The number of nitrogens with one attached hydrogen (secondary N) is 1. The molecule has 0 heterocycles. The minimum Gasteiger partial charge on any atom is -0.481 e. The standard InChI is InChI=1S/C13H23NO4/c1-8-5-6-9(7-10(8)11(15)16)14-12(17)18-13(2,3)4/h8-10H,5-7H2,1-4H3,(H,14,17)(H,15,16)/t8-,9-,10-/m1/s1. The maximum Gasteiger partial charge on any atom is 0.407 e. The molecule has 0 unspecified atom stereocenters. The molecule has 18 heavy (non-hydrogen) atoms. The van der Waals surface area contributed by atoms with Gasteiger partial charge in [-0.3, -0.25) is 4.79 Å². The zero-order valence-corrected chi connectivity index (χ0v) is 11.5. The van der Waals surface area contributed by atoms with E-state index in [0.29, 0.717) is 6.42 Å². The summed E-state index contributed by atoms with van der Waals surface area (Å²) in [6, 6.07) is -0.0999. The van der Waals surface area contributed by atoms with E-state index < -0.39 is 17.7 Å². The van der Waals surface area contributed by atoms with Gasteiger partial charge in [-0.2, -0.15) is 0 Å². The van der Waals surface area contributed by atoms with Gasteiger partial charge in [-0.15, -0.1) is 0 Å². The van der Waals surface area contributed by atoms with Crippen molar-refractivity contribution in [1.29, 1.82) is 0 Å². The van der Waals surface area contributed by atoms with E-state index in [-0.39, 0.29) is 17.9 Å². The molecule has 1 rings (SSSR count). The van der Waals surface area contributed by atoms with Crippen molar-refractivity contribution in [2.24, 2.45) is 11.8 Å². The quantitative estimate of drug-likeness (QED) is 0.796. The lowest BCUT2D eigenvalue weighted by molar-refractivity contribution is -0.145. The third kappa shape index (κ3) is 4.55. The van der Waals surface area contributed by atoms with Gasteiger partial charge >= 0.3 is 12.1 Å². The largest absolute Gasteiger partial charge is 0.481 e. The van der Waals surface area contributed by atoms with Gasteiger partial charge in [-0.05, 0) is 46.0 Å². The Morgan fingerprint density at radius 1 is 1.28 bits per heavy atom. The van der Waals surface area contributed by atoms with E-state index in [1.54, 1.807) is 20.8 Å². The topological polar surface area (TPSA) is 75.6 Å². The Balaban J connectivity index is 2.49. The highest BCUT2D eigenvalue weighted by molar-refractivity contribution is 5.71. The summed E-state index contributed by atoms with van der Waals surface area (Å²) < 4.78 is 5.17. The Morgan fingerprint density at radius 2 is 1.89 bits per heavy atom. The van der Waals surface area contributed by atoms with Crippen LogP contribution in [-0.2, 0) is 9.53 Å². The molecule has 0 bridgehead atoms. The summed E-state index contributed by atoms with van der Waals surface area (Å²) in [6.07, 6.45) is 1.64. The highest BCUT2D eigenvalue weighted by Crippen LogP contribution is 2.30. The Morgan fingerprint density at radius 3 is 2.39 bits per heavy atom. The molecule has 104 valence electrons. The summed E-state index contributed by atoms with van der Waals surface area (Å²) in [5.74, 6) is -0.990. The highest BCUT2D eigenvalue weighted by Gasteiger charge is 2.33. The zero-order chi connectivity index (χ0) is 13.9. The average Bonchev–Trinajstić information content (AvgIpc) is 2.17. The Labute approximate surface area is 108 Å². The number of hydrogen-bond donors (Lipinski definition) is 2. The van der Waals surface area contributed by atoms with Crippen molar-refractivity contribution < 1.29 is 19.4 Å². The Kier molecular flexibility index (Phi) is 4.59. The van der Waals surface area contributed by atoms with Crippen LogP contribution in [0.3, 0.4) is 0 Å². The maximum absolute atomic E-state index is 11.6. The fourth-order valence-electron chi connectivity index (χ4n) is 2.27. The molecule has 5 heteroatoms. The van der Waals surface area contributed by atoms with Crippen LogP contribution >= 0.6 is 0 Å².